The highest BCUT2D eigenvalue weighted by molar-refractivity contribution is 14.0. The lowest BCUT2D eigenvalue weighted by Gasteiger charge is -2.22. The summed E-state index contributed by atoms with van der Waals surface area (Å²) in [5.41, 5.74) is 2.75. The maximum absolute atomic E-state index is 11.9. The molecule has 0 spiro atoms. The summed E-state index contributed by atoms with van der Waals surface area (Å²) in [5, 5.41) is 10.3. The third-order valence-electron chi connectivity index (χ3n) is 5.25. The lowest BCUT2D eigenvalue weighted by Crippen LogP contribution is -2.44. The van der Waals surface area contributed by atoms with Gasteiger partial charge in [-0.1, -0.05) is 23.7 Å². The van der Waals surface area contributed by atoms with E-state index in [0.29, 0.717) is 23.7 Å². The van der Waals surface area contributed by atoms with Crippen LogP contribution in [0.1, 0.15) is 29.3 Å². The Morgan fingerprint density at radius 3 is 2.62 bits per heavy atom. The van der Waals surface area contributed by atoms with Gasteiger partial charge in [0.1, 0.15) is 5.75 Å². The lowest BCUT2D eigenvalue weighted by molar-refractivity contribution is 0.0956. The van der Waals surface area contributed by atoms with Gasteiger partial charge in [0.15, 0.2) is 5.96 Å². The van der Waals surface area contributed by atoms with Crippen molar-refractivity contribution >= 4 is 53.1 Å². The zero-order valence-corrected chi connectivity index (χ0v) is 21.7. The van der Waals surface area contributed by atoms with Crippen LogP contribution in [-0.4, -0.2) is 51.7 Å². The largest absolute Gasteiger partial charge is 0.495 e. The van der Waals surface area contributed by atoms with Gasteiger partial charge in [-0.15, -0.1) is 24.0 Å². The Hall–Kier alpha value is -2.20. The van der Waals surface area contributed by atoms with E-state index in [2.05, 4.69) is 25.8 Å². The minimum atomic E-state index is -0.0541. The molecule has 1 heterocycles. The molecule has 7 nitrogen and oxygen atoms in total. The maximum Gasteiger partial charge on any atom is 0.251 e. The monoisotopic (exact) mass is 571 g/mol. The van der Waals surface area contributed by atoms with Crippen LogP contribution in [0.2, 0.25) is 5.02 Å². The van der Waals surface area contributed by atoms with Gasteiger partial charge in [-0.25, -0.2) is 0 Å². The summed E-state index contributed by atoms with van der Waals surface area (Å²) < 4.78 is 5.49. The number of aliphatic imine (C=N–C) groups is 1. The molecule has 1 fully saturated rings. The quantitative estimate of drug-likeness (QED) is 0.269. The molecule has 0 radical (unpaired) electrons. The van der Waals surface area contributed by atoms with Crippen LogP contribution < -0.4 is 25.6 Å². The molecule has 2 aromatic carbocycles. The predicted molar refractivity (Wildman–Crippen MR) is 142 cm³/mol. The van der Waals surface area contributed by atoms with Crippen molar-refractivity contribution in [2.24, 2.45) is 4.99 Å². The fourth-order valence-corrected chi connectivity index (χ4v) is 3.78. The van der Waals surface area contributed by atoms with E-state index in [9.17, 15) is 4.79 Å². The van der Waals surface area contributed by atoms with Crippen LogP contribution in [0.4, 0.5) is 5.69 Å². The molecule has 0 aliphatic carbocycles. The number of amides is 1. The number of hydrogen-bond donors (Lipinski definition) is 3. The van der Waals surface area contributed by atoms with Crippen molar-refractivity contribution in [2.75, 3.05) is 38.7 Å². The van der Waals surface area contributed by atoms with E-state index in [0.717, 1.165) is 42.5 Å². The van der Waals surface area contributed by atoms with Gasteiger partial charge in [0.25, 0.3) is 5.91 Å². The highest BCUT2D eigenvalue weighted by atomic mass is 127. The number of nitrogens with zero attached hydrogens (tertiary/aromatic N) is 2. The number of carbonyl (C=O) groups excluding carboxylic acids is 1. The van der Waals surface area contributed by atoms with E-state index in [1.807, 2.05) is 49.4 Å². The first-order valence-corrected chi connectivity index (χ1v) is 10.8. The molecule has 0 bridgehead atoms. The molecule has 9 heteroatoms. The molecule has 174 valence electrons. The van der Waals surface area contributed by atoms with Gasteiger partial charge in [-0.3, -0.25) is 9.79 Å². The Kier molecular flexibility index (Phi) is 10.4. The summed E-state index contributed by atoms with van der Waals surface area (Å²) in [6, 6.07) is 13.5. The molecule has 3 rings (SSSR count). The number of methoxy groups -OCH3 is 1. The third-order valence-corrected chi connectivity index (χ3v) is 5.48. The summed E-state index contributed by atoms with van der Waals surface area (Å²) in [5.74, 6) is 1.52. The lowest BCUT2D eigenvalue weighted by atomic mass is 10.1. The van der Waals surface area contributed by atoms with E-state index in [1.165, 1.54) is 0 Å². The van der Waals surface area contributed by atoms with Gasteiger partial charge in [0.05, 0.1) is 12.8 Å². The standard InChI is InChI=1S/C23H30ClN5O2.HI/c1-4-26-22(30)17-7-5-16(6-8-17)14-27-23(25-2)28-19-11-12-29(15-19)20-13-18(24)9-10-21(20)31-3;/h5-10,13,19H,4,11-12,14-15H2,1-3H3,(H,26,30)(H2,25,27,28);1H. The van der Waals surface area contributed by atoms with Gasteiger partial charge in [-0.2, -0.15) is 0 Å². The number of ether oxygens (including phenoxy) is 1. The highest BCUT2D eigenvalue weighted by Crippen LogP contribution is 2.33. The minimum Gasteiger partial charge on any atom is -0.495 e. The van der Waals surface area contributed by atoms with E-state index in [1.54, 1.807) is 14.2 Å². The van der Waals surface area contributed by atoms with Crippen molar-refractivity contribution in [2.45, 2.75) is 25.9 Å². The molecule has 0 aromatic heterocycles. The number of hydrogen-bond acceptors (Lipinski definition) is 4. The molecule has 1 atom stereocenters. The summed E-state index contributed by atoms with van der Waals surface area (Å²) in [7, 11) is 3.44. The van der Waals surface area contributed by atoms with Crippen molar-refractivity contribution in [1.82, 2.24) is 16.0 Å². The van der Waals surface area contributed by atoms with Crippen molar-refractivity contribution in [3.8, 4) is 5.75 Å². The number of guanidine groups is 1. The van der Waals surface area contributed by atoms with Crippen molar-refractivity contribution in [3.63, 3.8) is 0 Å². The third kappa shape index (κ3) is 6.90. The van der Waals surface area contributed by atoms with Crippen LogP contribution >= 0.6 is 35.6 Å². The fraction of sp³-hybridized carbons (Fsp3) is 0.391. The maximum atomic E-state index is 11.9. The van der Waals surface area contributed by atoms with Crippen LogP contribution in [0.3, 0.4) is 0 Å². The van der Waals surface area contributed by atoms with E-state index in [-0.39, 0.29) is 35.9 Å². The molecule has 1 aliphatic heterocycles. The summed E-state index contributed by atoms with van der Waals surface area (Å²) in [6.45, 7) is 4.88. The number of halogens is 2. The van der Waals surface area contributed by atoms with Crippen molar-refractivity contribution in [3.05, 3.63) is 58.6 Å². The topological polar surface area (TPSA) is 78.0 Å². The normalized spacial score (nSPS) is 15.7. The Bertz CT molecular complexity index is 923. The summed E-state index contributed by atoms with van der Waals surface area (Å²) >= 11 is 6.19. The molecule has 0 saturated carbocycles. The van der Waals surface area contributed by atoms with Gasteiger partial charge >= 0.3 is 0 Å². The fourth-order valence-electron chi connectivity index (χ4n) is 3.62. The van der Waals surface area contributed by atoms with E-state index < -0.39 is 0 Å². The second kappa shape index (κ2) is 12.7. The van der Waals surface area contributed by atoms with Crippen molar-refractivity contribution < 1.29 is 9.53 Å². The van der Waals surface area contributed by atoms with E-state index >= 15 is 0 Å². The Labute approximate surface area is 212 Å². The Balaban J connectivity index is 0.00000363. The molecular weight excluding hydrogens is 541 g/mol. The summed E-state index contributed by atoms with van der Waals surface area (Å²) in [4.78, 5) is 18.5. The summed E-state index contributed by atoms with van der Waals surface area (Å²) in [6.07, 6.45) is 0.984. The molecule has 1 amide bonds. The second-order valence-electron chi connectivity index (χ2n) is 7.37. The molecule has 1 aliphatic rings. The molecule has 2 aromatic rings. The highest BCUT2D eigenvalue weighted by Gasteiger charge is 2.25. The van der Waals surface area contributed by atoms with Gasteiger partial charge in [-0.05, 0) is 49.2 Å². The zero-order valence-electron chi connectivity index (χ0n) is 18.7. The molecule has 3 N–H and O–H groups in total. The first-order valence-electron chi connectivity index (χ1n) is 10.5. The number of anilines is 1. The Morgan fingerprint density at radius 2 is 1.97 bits per heavy atom. The Morgan fingerprint density at radius 1 is 1.22 bits per heavy atom. The van der Waals surface area contributed by atoms with Crippen LogP contribution in [0.15, 0.2) is 47.5 Å². The van der Waals surface area contributed by atoms with Gasteiger partial charge < -0.3 is 25.6 Å². The first-order chi connectivity index (χ1) is 15.0. The predicted octanol–water partition coefficient (Wildman–Crippen LogP) is 3.66. The molecule has 32 heavy (non-hydrogen) atoms. The molecule has 1 saturated heterocycles. The molecular formula is C23H31ClIN5O2. The number of benzene rings is 2. The number of nitrogens with one attached hydrogen (secondary N) is 3. The van der Waals surface area contributed by atoms with E-state index in [4.69, 9.17) is 16.3 Å². The van der Waals surface area contributed by atoms with Crippen molar-refractivity contribution in [1.29, 1.82) is 0 Å². The average Bonchev–Trinajstić information content (AvgIpc) is 3.25. The first kappa shape index (κ1) is 26.1. The van der Waals surface area contributed by atoms with Crippen LogP contribution in [0.5, 0.6) is 5.75 Å². The van der Waals surface area contributed by atoms with Gasteiger partial charge in [0.2, 0.25) is 0 Å². The second-order valence-corrected chi connectivity index (χ2v) is 7.81. The van der Waals surface area contributed by atoms with Gasteiger partial charge in [0, 0.05) is 49.9 Å². The average molecular weight is 572 g/mol. The van der Waals surface area contributed by atoms with Crippen LogP contribution in [0.25, 0.3) is 0 Å². The smallest absolute Gasteiger partial charge is 0.251 e. The number of carbonyl (C=O) groups is 1. The van der Waals surface area contributed by atoms with Crippen LogP contribution in [-0.2, 0) is 6.54 Å². The minimum absolute atomic E-state index is 0. The zero-order chi connectivity index (χ0) is 22.2. The molecule has 1 unspecified atom stereocenters. The van der Waals surface area contributed by atoms with Crippen LogP contribution in [0, 0.1) is 0 Å². The SMILES string of the molecule is CCNC(=O)c1ccc(CNC(=NC)NC2CCN(c3cc(Cl)ccc3OC)C2)cc1.I. The number of rotatable bonds is 7.